The minimum Gasteiger partial charge on any atom is -0.497 e. The first-order valence-electron chi connectivity index (χ1n) is 11.0. The zero-order valence-corrected chi connectivity index (χ0v) is 20.8. The maximum Gasteiger partial charge on any atom is 0.339 e. The zero-order valence-electron chi connectivity index (χ0n) is 20.0. The van der Waals surface area contributed by atoms with Gasteiger partial charge in [-0.2, -0.15) is 8.42 Å². The van der Waals surface area contributed by atoms with Gasteiger partial charge in [0.15, 0.2) is 0 Å². The van der Waals surface area contributed by atoms with Crippen molar-refractivity contribution < 1.29 is 31.3 Å². The summed E-state index contributed by atoms with van der Waals surface area (Å²) in [6.07, 6.45) is 0.740. The Balaban J connectivity index is 1.80. The van der Waals surface area contributed by atoms with E-state index in [1.165, 1.54) is 26.4 Å². The number of benzene rings is 3. The molecule has 1 atom stereocenters. The largest absolute Gasteiger partial charge is 0.497 e. The van der Waals surface area contributed by atoms with E-state index in [1.54, 1.807) is 35.2 Å². The molecule has 3 rings (SSSR count). The topological polar surface area (TPSA) is 82.1 Å². The molecule has 3 aromatic carbocycles. The summed E-state index contributed by atoms with van der Waals surface area (Å²) in [7, 11) is -1.05. The van der Waals surface area contributed by atoms with Gasteiger partial charge in [-0.1, -0.05) is 19.1 Å². The summed E-state index contributed by atoms with van der Waals surface area (Å²) in [6.45, 7) is 4.26. The Kier molecular flexibility index (Phi) is 8.34. The van der Waals surface area contributed by atoms with E-state index in [2.05, 4.69) is 0 Å². The predicted octanol–water partition coefficient (Wildman–Crippen LogP) is 5.05. The molecule has 1 amide bonds. The molecule has 1 unspecified atom stereocenters. The first-order valence-corrected chi connectivity index (χ1v) is 12.4. The molecular weight excluding hydrogens is 473 g/mol. The van der Waals surface area contributed by atoms with Crippen molar-refractivity contribution in [2.75, 3.05) is 14.2 Å². The third-order valence-corrected chi connectivity index (χ3v) is 6.83. The molecule has 0 saturated carbocycles. The minimum atomic E-state index is -4.10. The van der Waals surface area contributed by atoms with Gasteiger partial charge in [-0.3, -0.25) is 4.79 Å². The van der Waals surface area contributed by atoms with Crippen LogP contribution in [-0.4, -0.2) is 39.5 Å². The van der Waals surface area contributed by atoms with Gasteiger partial charge in [-0.25, -0.2) is 4.39 Å². The van der Waals surface area contributed by atoms with E-state index in [1.807, 2.05) is 13.8 Å². The highest BCUT2D eigenvalue weighted by atomic mass is 32.2. The molecule has 0 fully saturated rings. The molecule has 0 saturated heterocycles. The fourth-order valence-corrected chi connectivity index (χ4v) is 4.30. The summed E-state index contributed by atoms with van der Waals surface area (Å²) in [5, 5.41) is 0. The lowest BCUT2D eigenvalue weighted by atomic mass is 10.1. The third kappa shape index (κ3) is 6.51. The number of methoxy groups -OCH3 is 2. The number of amides is 1. The molecule has 0 aliphatic heterocycles. The minimum absolute atomic E-state index is 0.0607. The van der Waals surface area contributed by atoms with Crippen LogP contribution in [0, 0.1) is 5.82 Å². The van der Waals surface area contributed by atoms with Crippen molar-refractivity contribution in [1.29, 1.82) is 0 Å². The molecule has 35 heavy (non-hydrogen) atoms. The van der Waals surface area contributed by atoms with Gasteiger partial charge in [0.1, 0.15) is 28.0 Å². The van der Waals surface area contributed by atoms with Gasteiger partial charge >= 0.3 is 10.1 Å². The maximum absolute atomic E-state index is 13.4. The second-order valence-electron chi connectivity index (χ2n) is 7.93. The number of carbonyl (C=O) groups is 1. The lowest BCUT2D eigenvalue weighted by Gasteiger charge is -2.29. The van der Waals surface area contributed by atoms with E-state index in [9.17, 15) is 17.6 Å². The second-order valence-corrected chi connectivity index (χ2v) is 9.47. The molecule has 0 aliphatic carbocycles. The van der Waals surface area contributed by atoms with Crippen molar-refractivity contribution in [3.8, 4) is 17.2 Å². The molecule has 0 aromatic heterocycles. The molecule has 7 nitrogen and oxygen atoms in total. The van der Waals surface area contributed by atoms with E-state index in [0.29, 0.717) is 23.6 Å². The van der Waals surface area contributed by atoms with Gasteiger partial charge in [0.25, 0.3) is 5.91 Å². The Bertz CT molecular complexity index is 1240. The number of rotatable bonds is 10. The number of carbonyl (C=O) groups excluding carboxylic acids is 1. The summed E-state index contributed by atoms with van der Waals surface area (Å²) < 4.78 is 53.7. The highest BCUT2D eigenvalue weighted by molar-refractivity contribution is 7.87. The molecule has 9 heteroatoms. The standard InChI is InChI=1S/C26H28FNO6S/c1-5-18(2)28(26(29)20-14-23(32-3)16-24(15-20)33-4)17-19-6-10-22(11-7-19)34-35(30,31)25-12-8-21(27)9-13-25/h6-16,18H,5,17H2,1-4H3. The van der Waals surface area contributed by atoms with Crippen LogP contribution >= 0.6 is 0 Å². The second kappa shape index (κ2) is 11.2. The van der Waals surface area contributed by atoms with E-state index < -0.39 is 15.9 Å². The zero-order chi connectivity index (χ0) is 25.6. The summed E-state index contributed by atoms with van der Waals surface area (Å²) in [4.78, 5) is 15.0. The quantitative estimate of drug-likeness (QED) is 0.362. The SMILES string of the molecule is CCC(C)N(Cc1ccc(OS(=O)(=O)c2ccc(F)cc2)cc1)C(=O)c1cc(OC)cc(OC)c1. The Morgan fingerprint density at radius 3 is 2.00 bits per heavy atom. The van der Waals surface area contributed by atoms with E-state index in [-0.39, 0.29) is 22.6 Å². The van der Waals surface area contributed by atoms with Crippen molar-refractivity contribution in [1.82, 2.24) is 4.90 Å². The first kappa shape index (κ1) is 26.0. The average molecular weight is 502 g/mol. The Hall–Kier alpha value is -3.59. The molecule has 0 heterocycles. The average Bonchev–Trinajstić information content (AvgIpc) is 2.87. The Labute approximate surface area is 205 Å². The van der Waals surface area contributed by atoms with Crippen molar-refractivity contribution in [3.63, 3.8) is 0 Å². The fraction of sp³-hybridized carbons (Fsp3) is 0.269. The lowest BCUT2D eigenvalue weighted by molar-refractivity contribution is 0.0671. The smallest absolute Gasteiger partial charge is 0.339 e. The monoisotopic (exact) mass is 501 g/mol. The highest BCUT2D eigenvalue weighted by Gasteiger charge is 2.23. The van der Waals surface area contributed by atoms with Crippen LogP contribution in [0.3, 0.4) is 0 Å². The van der Waals surface area contributed by atoms with Crippen LogP contribution in [0.25, 0.3) is 0 Å². The van der Waals surface area contributed by atoms with Crippen LogP contribution in [0.2, 0.25) is 0 Å². The summed E-state index contributed by atoms with van der Waals surface area (Å²) in [5.74, 6) is 0.412. The summed E-state index contributed by atoms with van der Waals surface area (Å²) >= 11 is 0. The molecule has 0 N–H and O–H groups in total. The van der Waals surface area contributed by atoms with Gasteiger partial charge in [0.2, 0.25) is 0 Å². The molecule has 186 valence electrons. The van der Waals surface area contributed by atoms with E-state index in [4.69, 9.17) is 13.7 Å². The number of nitrogens with zero attached hydrogens (tertiary/aromatic N) is 1. The first-order chi connectivity index (χ1) is 16.7. The van der Waals surface area contributed by atoms with Gasteiger partial charge in [-0.05, 0) is 67.4 Å². The fourth-order valence-electron chi connectivity index (χ4n) is 3.37. The van der Waals surface area contributed by atoms with Gasteiger partial charge in [0.05, 0.1) is 14.2 Å². The van der Waals surface area contributed by atoms with Crippen molar-refractivity contribution in [3.05, 3.63) is 83.7 Å². The van der Waals surface area contributed by atoms with Gasteiger partial charge in [0, 0.05) is 24.2 Å². The van der Waals surface area contributed by atoms with Crippen LogP contribution in [0.5, 0.6) is 17.2 Å². The highest BCUT2D eigenvalue weighted by Crippen LogP contribution is 2.26. The van der Waals surface area contributed by atoms with Crippen molar-refractivity contribution in [2.24, 2.45) is 0 Å². The Morgan fingerprint density at radius 1 is 0.914 bits per heavy atom. The molecular formula is C26H28FNO6S. The molecule has 3 aromatic rings. The van der Waals surface area contributed by atoms with Crippen LogP contribution in [0.15, 0.2) is 71.6 Å². The lowest BCUT2D eigenvalue weighted by Crippen LogP contribution is -2.37. The summed E-state index contributed by atoms with van der Waals surface area (Å²) in [6, 6.07) is 15.8. The van der Waals surface area contributed by atoms with Crippen LogP contribution < -0.4 is 13.7 Å². The number of hydrogen-bond acceptors (Lipinski definition) is 6. The number of ether oxygens (including phenoxy) is 2. The summed E-state index contributed by atoms with van der Waals surface area (Å²) in [5.41, 5.74) is 1.23. The van der Waals surface area contributed by atoms with Gasteiger partial charge < -0.3 is 18.6 Å². The van der Waals surface area contributed by atoms with Crippen molar-refractivity contribution >= 4 is 16.0 Å². The van der Waals surface area contributed by atoms with Crippen molar-refractivity contribution in [2.45, 2.75) is 37.8 Å². The van der Waals surface area contributed by atoms with Crippen LogP contribution in [0.1, 0.15) is 36.2 Å². The normalized spacial score (nSPS) is 12.0. The molecule has 0 radical (unpaired) electrons. The number of halogens is 1. The molecule has 0 aliphatic rings. The molecule has 0 bridgehead atoms. The van der Waals surface area contributed by atoms with Crippen LogP contribution in [0.4, 0.5) is 4.39 Å². The molecule has 0 spiro atoms. The van der Waals surface area contributed by atoms with Crippen LogP contribution in [-0.2, 0) is 16.7 Å². The van der Waals surface area contributed by atoms with Gasteiger partial charge in [-0.15, -0.1) is 0 Å². The van der Waals surface area contributed by atoms with E-state index in [0.717, 1.165) is 36.2 Å². The predicted molar refractivity (Wildman–Crippen MR) is 130 cm³/mol. The third-order valence-electron chi connectivity index (χ3n) is 5.57. The maximum atomic E-state index is 13.4. The Morgan fingerprint density at radius 2 is 1.49 bits per heavy atom. The van der Waals surface area contributed by atoms with E-state index >= 15 is 0 Å². The number of hydrogen-bond donors (Lipinski definition) is 0.